The zero-order valence-corrected chi connectivity index (χ0v) is 17.4. The molecular formula is C19H19N3O5S2. The molecule has 3 aromatic rings. The number of hydrogen-bond acceptors (Lipinski definition) is 8. The van der Waals surface area contributed by atoms with E-state index in [-0.39, 0.29) is 34.2 Å². The zero-order valence-electron chi connectivity index (χ0n) is 15.8. The minimum atomic E-state index is -3.27. The predicted octanol–water partition coefficient (Wildman–Crippen LogP) is 3.27. The van der Waals surface area contributed by atoms with Crippen molar-refractivity contribution in [1.82, 2.24) is 10.2 Å². The molecule has 0 aliphatic carbocycles. The van der Waals surface area contributed by atoms with Gasteiger partial charge >= 0.3 is 6.01 Å². The van der Waals surface area contributed by atoms with Crippen molar-refractivity contribution in [3.05, 3.63) is 48.5 Å². The van der Waals surface area contributed by atoms with Gasteiger partial charge in [-0.2, -0.15) is 0 Å². The van der Waals surface area contributed by atoms with Gasteiger partial charge in [0.25, 0.3) is 0 Å². The van der Waals surface area contributed by atoms with E-state index in [1.54, 1.807) is 26.2 Å². The van der Waals surface area contributed by atoms with Crippen molar-refractivity contribution >= 4 is 33.5 Å². The Morgan fingerprint density at radius 3 is 2.41 bits per heavy atom. The number of aromatic nitrogens is 2. The molecular weight excluding hydrogens is 414 g/mol. The van der Waals surface area contributed by atoms with E-state index in [1.807, 2.05) is 24.3 Å². The average molecular weight is 434 g/mol. The second kappa shape index (κ2) is 9.10. The Bertz CT molecular complexity index is 1080. The van der Waals surface area contributed by atoms with Gasteiger partial charge in [0, 0.05) is 10.5 Å². The van der Waals surface area contributed by atoms with Gasteiger partial charge in [-0.15, -0.1) is 16.9 Å². The lowest BCUT2D eigenvalue weighted by molar-refractivity contribution is -0.113. The summed E-state index contributed by atoms with van der Waals surface area (Å²) in [5.74, 6) is 0.845. The standard InChI is InChI=1S/C19H19N3O5S2/c1-3-29(24,25)16-10-4-13(5-11-16)18-21-22-19(27-18)20-17(23)12-28-15-8-6-14(26-2)7-9-15/h4-11H,3,12H2,1-2H3,(H,20,22,23). The first-order valence-corrected chi connectivity index (χ1v) is 11.3. The zero-order chi connectivity index (χ0) is 20.9. The Balaban J connectivity index is 1.58. The van der Waals surface area contributed by atoms with Crippen LogP contribution in [-0.4, -0.2) is 43.1 Å². The maximum atomic E-state index is 12.1. The molecule has 0 atom stereocenters. The molecule has 0 fully saturated rings. The molecule has 0 spiro atoms. The largest absolute Gasteiger partial charge is 0.497 e. The van der Waals surface area contributed by atoms with Crippen LogP contribution in [0.3, 0.4) is 0 Å². The van der Waals surface area contributed by atoms with Crippen molar-refractivity contribution in [2.24, 2.45) is 0 Å². The maximum Gasteiger partial charge on any atom is 0.322 e. The number of ether oxygens (including phenoxy) is 1. The fraction of sp³-hybridized carbons (Fsp3) is 0.211. The molecule has 0 radical (unpaired) electrons. The third-order valence-corrected chi connectivity index (χ3v) is 6.70. The minimum Gasteiger partial charge on any atom is -0.497 e. The van der Waals surface area contributed by atoms with Crippen LogP contribution < -0.4 is 10.1 Å². The highest BCUT2D eigenvalue weighted by Crippen LogP contribution is 2.23. The van der Waals surface area contributed by atoms with Gasteiger partial charge in [-0.1, -0.05) is 12.0 Å². The molecule has 0 aliphatic heterocycles. The van der Waals surface area contributed by atoms with E-state index in [2.05, 4.69) is 15.5 Å². The molecule has 0 bridgehead atoms. The van der Waals surface area contributed by atoms with Gasteiger partial charge in [0.1, 0.15) is 5.75 Å². The van der Waals surface area contributed by atoms with Crippen LogP contribution in [0.1, 0.15) is 6.92 Å². The summed E-state index contributed by atoms with van der Waals surface area (Å²) >= 11 is 1.36. The van der Waals surface area contributed by atoms with Crippen LogP contribution in [0.2, 0.25) is 0 Å². The molecule has 2 aromatic carbocycles. The number of carbonyl (C=O) groups is 1. The van der Waals surface area contributed by atoms with Crippen molar-refractivity contribution in [2.75, 3.05) is 23.9 Å². The van der Waals surface area contributed by atoms with Crippen molar-refractivity contribution in [3.8, 4) is 17.2 Å². The molecule has 152 valence electrons. The summed E-state index contributed by atoms with van der Waals surface area (Å²) in [5.41, 5.74) is 0.556. The van der Waals surface area contributed by atoms with Crippen molar-refractivity contribution in [2.45, 2.75) is 16.7 Å². The Morgan fingerprint density at radius 1 is 1.10 bits per heavy atom. The van der Waals surface area contributed by atoms with Gasteiger partial charge in [-0.25, -0.2) is 8.42 Å². The number of nitrogens with one attached hydrogen (secondary N) is 1. The van der Waals surface area contributed by atoms with Gasteiger partial charge in [0.2, 0.25) is 11.8 Å². The summed E-state index contributed by atoms with van der Waals surface area (Å²) < 4.78 is 34.3. The van der Waals surface area contributed by atoms with Crippen molar-refractivity contribution in [1.29, 1.82) is 0 Å². The molecule has 0 saturated carbocycles. The minimum absolute atomic E-state index is 0.0226. The Hall–Kier alpha value is -2.85. The SMILES string of the molecule is CCS(=O)(=O)c1ccc(-c2nnc(NC(=O)CSc3ccc(OC)cc3)o2)cc1. The van der Waals surface area contributed by atoms with E-state index in [0.717, 1.165) is 10.6 Å². The number of methoxy groups -OCH3 is 1. The second-order valence-electron chi connectivity index (χ2n) is 5.85. The van der Waals surface area contributed by atoms with Gasteiger partial charge in [-0.3, -0.25) is 10.1 Å². The van der Waals surface area contributed by atoms with Crippen LogP contribution in [0, 0.1) is 0 Å². The summed E-state index contributed by atoms with van der Waals surface area (Å²) in [6, 6.07) is 13.5. The Labute approximate surface area is 172 Å². The number of thioether (sulfide) groups is 1. The lowest BCUT2D eigenvalue weighted by Gasteiger charge is -2.03. The normalized spacial score (nSPS) is 11.2. The molecule has 29 heavy (non-hydrogen) atoms. The number of sulfone groups is 1. The van der Waals surface area contributed by atoms with Crippen molar-refractivity contribution < 1.29 is 22.4 Å². The van der Waals surface area contributed by atoms with Crippen LogP contribution in [0.4, 0.5) is 6.01 Å². The number of rotatable bonds is 8. The lowest BCUT2D eigenvalue weighted by atomic mass is 10.2. The quantitative estimate of drug-likeness (QED) is 0.539. The van der Waals surface area contributed by atoms with Gasteiger partial charge in [-0.05, 0) is 48.5 Å². The van der Waals surface area contributed by atoms with E-state index in [0.29, 0.717) is 5.56 Å². The van der Waals surface area contributed by atoms with E-state index >= 15 is 0 Å². The first kappa shape index (κ1) is 20.9. The molecule has 0 saturated heterocycles. The topological polar surface area (TPSA) is 111 Å². The number of amides is 1. The molecule has 1 amide bonds. The summed E-state index contributed by atoms with van der Waals surface area (Å²) in [6.07, 6.45) is 0. The van der Waals surface area contributed by atoms with Crippen LogP contribution in [0.15, 0.2) is 62.7 Å². The molecule has 0 aliphatic rings. The lowest BCUT2D eigenvalue weighted by Crippen LogP contribution is -2.14. The monoisotopic (exact) mass is 433 g/mol. The predicted molar refractivity (Wildman–Crippen MR) is 110 cm³/mol. The first-order valence-electron chi connectivity index (χ1n) is 8.64. The van der Waals surface area contributed by atoms with E-state index < -0.39 is 9.84 Å². The number of nitrogens with zero attached hydrogens (tertiary/aromatic N) is 2. The highest BCUT2D eigenvalue weighted by molar-refractivity contribution is 8.00. The summed E-state index contributed by atoms with van der Waals surface area (Å²) in [5, 5.41) is 10.2. The van der Waals surface area contributed by atoms with E-state index in [1.165, 1.54) is 23.9 Å². The van der Waals surface area contributed by atoms with Crippen LogP contribution in [0.5, 0.6) is 5.75 Å². The summed E-state index contributed by atoms with van der Waals surface area (Å²) in [4.78, 5) is 13.2. The molecule has 1 aromatic heterocycles. The third-order valence-electron chi connectivity index (χ3n) is 3.94. The van der Waals surface area contributed by atoms with Gasteiger partial charge in [0.15, 0.2) is 9.84 Å². The van der Waals surface area contributed by atoms with E-state index in [9.17, 15) is 13.2 Å². The fourth-order valence-electron chi connectivity index (χ4n) is 2.34. The van der Waals surface area contributed by atoms with Crippen LogP contribution in [-0.2, 0) is 14.6 Å². The Morgan fingerprint density at radius 2 is 1.79 bits per heavy atom. The molecule has 1 heterocycles. The molecule has 8 nitrogen and oxygen atoms in total. The van der Waals surface area contributed by atoms with E-state index in [4.69, 9.17) is 9.15 Å². The maximum absolute atomic E-state index is 12.1. The average Bonchev–Trinajstić information content (AvgIpc) is 3.21. The highest BCUT2D eigenvalue weighted by Gasteiger charge is 2.14. The second-order valence-corrected chi connectivity index (χ2v) is 9.18. The first-order chi connectivity index (χ1) is 13.9. The number of carbonyl (C=O) groups excluding carboxylic acids is 1. The number of anilines is 1. The Kier molecular flexibility index (Phi) is 6.55. The smallest absolute Gasteiger partial charge is 0.322 e. The van der Waals surface area contributed by atoms with Crippen molar-refractivity contribution in [3.63, 3.8) is 0 Å². The van der Waals surface area contributed by atoms with Gasteiger partial charge < -0.3 is 9.15 Å². The van der Waals surface area contributed by atoms with Crippen LogP contribution >= 0.6 is 11.8 Å². The van der Waals surface area contributed by atoms with Crippen LogP contribution in [0.25, 0.3) is 11.5 Å². The fourth-order valence-corrected chi connectivity index (χ4v) is 3.92. The van der Waals surface area contributed by atoms with Gasteiger partial charge in [0.05, 0.1) is 23.5 Å². The highest BCUT2D eigenvalue weighted by atomic mass is 32.2. The molecule has 1 N–H and O–H groups in total. The third kappa shape index (κ3) is 5.36. The number of benzene rings is 2. The summed E-state index contributed by atoms with van der Waals surface area (Å²) in [7, 11) is -1.68. The number of hydrogen-bond donors (Lipinski definition) is 1. The molecule has 3 rings (SSSR count). The summed E-state index contributed by atoms with van der Waals surface area (Å²) in [6.45, 7) is 1.59. The molecule has 0 unspecified atom stereocenters. The molecule has 10 heteroatoms.